The average molecular weight is 653 g/mol. The first kappa shape index (κ1) is 11.1. The second-order valence-corrected chi connectivity index (χ2v) is 10.5. The fourth-order valence-electron chi connectivity index (χ4n) is 5.74. The van der Waals surface area contributed by atoms with Crippen LogP contribution >= 0.6 is 0 Å². The zero-order valence-electron chi connectivity index (χ0n) is 54.4. The van der Waals surface area contributed by atoms with Gasteiger partial charge in [0.15, 0.2) is 0 Å². The van der Waals surface area contributed by atoms with E-state index in [9.17, 15) is 17.8 Å². The molecule has 0 amide bonds. The van der Waals surface area contributed by atoms with Crippen molar-refractivity contribution in [3.8, 4) is 44.5 Å². The van der Waals surface area contributed by atoms with E-state index in [0.717, 1.165) is 0 Å². The summed E-state index contributed by atoms with van der Waals surface area (Å²) >= 11 is 0. The molecule has 0 aliphatic heterocycles. The molecule has 1 aromatic heterocycles. The van der Waals surface area contributed by atoms with Crippen LogP contribution in [0.3, 0.4) is 0 Å². The van der Waals surface area contributed by atoms with Crippen LogP contribution in [0, 0.1) is 0 Å². The van der Waals surface area contributed by atoms with Crippen LogP contribution in [-0.2, 0) is 0 Å². The molecule has 1 heterocycles. The van der Waals surface area contributed by atoms with E-state index >= 15 is 0 Å². The smallest absolute Gasteiger partial charge is 0.135 e. The van der Waals surface area contributed by atoms with Gasteiger partial charge in [-0.1, -0.05) is 151 Å². The molecule has 0 aliphatic rings. The summed E-state index contributed by atoms with van der Waals surface area (Å²) in [5.41, 5.74) is -7.63. The zero-order valence-corrected chi connectivity index (χ0v) is 24.4. The Morgan fingerprint density at radius 3 is 1.51 bits per heavy atom. The fraction of sp³-hybridized carbons (Fsp3) is 0. The summed E-state index contributed by atoms with van der Waals surface area (Å²) in [6, 6.07) is -29.2. The van der Waals surface area contributed by atoms with Gasteiger partial charge in [0.2, 0.25) is 0 Å². The highest BCUT2D eigenvalue weighted by molar-refractivity contribution is 6.22. The van der Waals surface area contributed by atoms with E-state index in [-0.39, 0.29) is 0 Å². The fourth-order valence-corrected chi connectivity index (χ4v) is 5.74. The van der Waals surface area contributed by atoms with Gasteiger partial charge in [-0.3, -0.25) is 0 Å². The number of hydrogen-bond acceptors (Lipinski definition) is 1. The van der Waals surface area contributed by atoms with Gasteiger partial charge in [-0.2, -0.15) is 0 Å². The molecule has 0 atom stereocenters. The lowest BCUT2D eigenvalue weighted by Gasteiger charge is -2.20. The van der Waals surface area contributed by atoms with Crippen molar-refractivity contribution >= 4 is 54.3 Å². The van der Waals surface area contributed by atoms with Gasteiger partial charge in [0.1, 0.15) is 11.2 Å². The number of furan rings is 1. The molecule has 0 radical (unpaired) electrons. The van der Waals surface area contributed by atoms with Gasteiger partial charge in [0.05, 0.1) is 41.1 Å². The number of hydrogen-bond donors (Lipinski definition) is 0. The minimum Gasteiger partial charge on any atom is -0.456 e. The van der Waals surface area contributed by atoms with Crippen molar-refractivity contribution in [1.82, 2.24) is 0 Å². The zero-order chi connectivity index (χ0) is 58.4. The van der Waals surface area contributed by atoms with Crippen LogP contribution in [0.2, 0.25) is 0 Å². The number of benzene rings is 9. The molecule has 0 unspecified atom stereocenters. The summed E-state index contributed by atoms with van der Waals surface area (Å²) in [6.45, 7) is 0. The average Bonchev–Trinajstić information content (AvgIpc) is 3.85. The molecular weight excluding hydrogens is 593 g/mol. The largest absolute Gasteiger partial charge is 0.456 e. The van der Waals surface area contributed by atoms with Crippen molar-refractivity contribution in [2.24, 2.45) is 0 Å². The maximum Gasteiger partial charge on any atom is 0.135 e. The lowest BCUT2D eigenvalue weighted by molar-refractivity contribution is 0.669. The maximum absolute atomic E-state index is 9.82. The van der Waals surface area contributed by atoms with Gasteiger partial charge in [0, 0.05) is 10.8 Å². The number of fused-ring (bicyclic) bond motifs is 6. The Bertz CT molecular complexity index is 4490. The van der Waals surface area contributed by atoms with Crippen molar-refractivity contribution in [3.63, 3.8) is 0 Å². The molecule has 0 fully saturated rings. The van der Waals surface area contributed by atoms with Crippen molar-refractivity contribution in [2.45, 2.75) is 0 Å². The van der Waals surface area contributed by atoms with Crippen molar-refractivity contribution in [1.29, 1.82) is 0 Å². The molecule has 0 saturated heterocycles. The summed E-state index contributed by atoms with van der Waals surface area (Å²) < 4.78 is 276. The molecule has 0 bridgehead atoms. The van der Waals surface area contributed by atoms with Crippen LogP contribution in [0.5, 0.6) is 0 Å². The molecule has 9 aromatic carbocycles. The molecule has 49 heavy (non-hydrogen) atoms. The molecule has 1 nitrogen and oxygen atoms in total. The van der Waals surface area contributed by atoms with E-state index in [1.807, 2.05) is 0 Å². The highest BCUT2D eigenvalue weighted by atomic mass is 16.3. The van der Waals surface area contributed by atoms with Crippen molar-refractivity contribution in [2.75, 3.05) is 0 Å². The molecule has 0 N–H and O–H groups in total. The van der Waals surface area contributed by atoms with Crippen LogP contribution in [0.25, 0.3) is 98.8 Å². The molecule has 0 saturated carbocycles. The Kier molecular flexibility index (Phi) is 2.50. The molecule has 228 valence electrons. The van der Waals surface area contributed by atoms with Crippen molar-refractivity contribution < 1.29 is 45.5 Å². The van der Waals surface area contributed by atoms with E-state index in [2.05, 4.69) is 0 Å². The lowest BCUT2D eigenvalue weighted by Crippen LogP contribution is -1.92. The third kappa shape index (κ3) is 4.47. The highest BCUT2D eigenvalue weighted by Gasteiger charge is 2.19. The topological polar surface area (TPSA) is 13.1 Å². The first-order valence-corrected chi connectivity index (χ1v) is 14.4. The maximum atomic E-state index is 9.82. The van der Waals surface area contributed by atoms with Gasteiger partial charge in [-0.25, -0.2) is 0 Å². The normalized spacial score (nSPS) is 20.2. The molecule has 10 aromatic rings. The third-order valence-corrected chi connectivity index (χ3v) is 7.82. The molecule has 1 heteroatoms. The summed E-state index contributed by atoms with van der Waals surface area (Å²) in [7, 11) is 0. The van der Waals surface area contributed by atoms with Crippen LogP contribution in [0.4, 0.5) is 0 Å². The van der Waals surface area contributed by atoms with Gasteiger partial charge in [-0.15, -0.1) is 0 Å². The van der Waals surface area contributed by atoms with E-state index in [0.29, 0.717) is 0 Å². The van der Waals surface area contributed by atoms with Crippen LogP contribution < -0.4 is 0 Å². The predicted octanol–water partition coefficient (Wildman–Crippen LogP) is 13.7. The highest BCUT2D eigenvalue weighted by Crippen LogP contribution is 2.46. The van der Waals surface area contributed by atoms with E-state index in [1.54, 1.807) is 0 Å². The minimum atomic E-state index is -1.11. The predicted molar refractivity (Wildman–Crippen MR) is 208 cm³/mol. The Morgan fingerprint density at radius 2 is 0.796 bits per heavy atom. The van der Waals surface area contributed by atoms with Gasteiger partial charge >= 0.3 is 0 Å². The SMILES string of the molecule is [2H]c1c([2H])c([2H])c(-c2c([2H])c([2H])c([2H])c([2H])c2-c2c3c([2H])c([2H])c([2H])c([2H])c3c(-c3c([2H])c([2H])c4c([2H])c(-c5c([2H])c([2H])c6oc7c([2H])c([2H])c([2H])c([2H])c7c6c5[2H])c([2H])c([2H])c4c3[2H])c3c([2H])c([2H])c([2H])c([2H])c23)c([2H])c1[2H]. The van der Waals surface area contributed by atoms with Gasteiger partial charge in [0.25, 0.3) is 0 Å². The van der Waals surface area contributed by atoms with Crippen LogP contribution in [0.1, 0.15) is 41.1 Å². The van der Waals surface area contributed by atoms with Crippen molar-refractivity contribution in [3.05, 3.63) is 181 Å². The summed E-state index contributed by atoms with van der Waals surface area (Å²) in [5, 5.41) is -5.68. The Balaban J connectivity index is 1.43. The molecule has 0 aliphatic carbocycles. The molecule has 0 spiro atoms. The summed E-state index contributed by atoms with van der Waals surface area (Å²) in [5.74, 6) is 0. The van der Waals surface area contributed by atoms with Gasteiger partial charge in [-0.05, 0) is 107 Å². The lowest BCUT2D eigenvalue weighted by atomic mass is 9.83. The molecular formula is C48H30O. The quantitative estimate of drug-likeness (QED) is 0.172. The summed E-state index contributed by atoms with van der Waals surface area (Å²) in [6.07, 6.45) is 0. The minimum absolute atomic E-state index is 0.391. The Labute approximate surface area is 326 Å². The third-order valence-electron chi connectivity index (χ3n) is 7.82. The summed E-state index contributed by atoms with van der Waals surface area (Å²) in [4.78, 5) is 0. The molecule has 10 rings (SSSR count). The Hall–Kier alpha value is -6.44. The standard InChI is InChI=1S/C48H30O/c1-2-12-31(13-3-1)37-14-4-5-16-39(37)48-42-19-8-6-17-40(42)47(41-18-7-9-20-43(41)48)36-25-24-32-28-33(22-23-34(32)29-36)35-26-27-46-44(30-35)38-15-10-11-21-45(38)49-46/h1-30H/i1D,2D,3D,4D,5D,6D,7D,8D,9D,10D,11D,12D,13D,14D,15D,16D,17D,18D,19D,20D,21D,22D,23D,24D,25D,26D,27D,28D,29D,30D. The van der Waals surface area contributed by atoms with Crippen LogP contribution in [-0.4, -0.2) is 0 Å². The van der Waals surface area contributed by atoms with E-state index in [1.165, 1.54) is 0 Å². The Morgan fingerprint density at radius 1 is 0.306 bits per heavy atom. The van der Waals surface area contributed by atoms with Crippen LogP contribution in [0.15, 0.2) is 186 Å². The van der Waals surface area contributed by atoms with Gasteiger partial charge < -0.3 is 4.42 Å². The number of para-hydroxylation sites is 1. The van der Waals surface area contributed by atoms with E-state index in [4.69, 9.17) is 27.7 Å². The number of rotatable bonds is 4. The second-order valence-electron chi connectivity index (χ2n) is 10.5. The second kappa shape index (κ2) is 11.1. The van der Waals surface area contributed by atoms with E-state index < -0.39 is 280 Å². The first-order valence-electron chi connectivity index (χ1n) is 29.4. The monoisotopic (exact) mass is 652 g/mol. The first-order chi connectivity index (χ1) is 36.8.